The van der Waals surface area contributed by atoms with E-state index in [1.54, 1.807) is 0 Å². The lowest BCUT2D eigenvalue weighted by atomic mass is 9.84. The van der Waals surface area contributed by atoms with Crippen LogP contribution in [-0.4, -0.2) is 37.4 Å². The van der Waals surface area contributed by atoms with Crippen molar-refractivity contribution in [2.75, 3.05) is 7.11 Å². The number of aromatic nitrogens is 5. The van der Waals surface area contributed by atoms with Gasteiger partial charge in [0, 0.05) is 29.5 Å². The Kier molecular flexibility index (Phi) is 6.67. The highest BCUT2D eigenvalue weighted by Crippen LogP contribution is 2.46. The second kappa shape index (κ2) is 9.71. The van der Waals surface area contributed by atoms with Gasteiger partial charge in [0.1, 0.15) is 35.2 Å². The summed E-state index contributed by atoms with van der Waals surface area (Å²) in [6.45, 7) is -0.977. The van der Waals surface area contributed by atoms with Crippen molar-refractivity contribution in [3.63, 3.8) is 0 Å². The number of tetrazole rings is 1. The summed E-state index contributed by atoms with van der Waals surface area (Å²) in [7, 11) is 1.39. The highest BCUT2D eigenvalue weighted by atomic mass is 19.3. The normalized spacial score (nSPS) is 13.0. The molecule has 2 aromatic carbocycles. The Morgan fingerprint density at radius 1 is 1.00 bits per heavy atom. The Balaban J connectivity index is 1.69. The molecule has 4 aromatic rings. The number of alkyl halides is 2. The van der Waals surface area contributed by atoms with Gasteiger partial charge in [0.05, 0.1) is 19.2 Å². The molecule has 0 radical (unpaired) electrons. The van der Waals surface area contributed by atoms with E-state index < -0.39 is 46.8 Å². The van der Waals surface area contributed by atoms with Crippen molar-refractivity contribution in [2.24, 2.45) is 0 Å². The molecule has 4 rings (SSSR count). The van der Waals surface area contributed by atoms with Crippen LogP contribution >= 0.6 is 0 Å². The molecule has 0 amide bonds. The van der Waals surface area contributed by atoms with Gasteiger partial charge in [-0.05, 0) is 46.8 Å². The maximum Gasteiger partial charge on any atom is 0.323 e. The summed E-state index contributed by atoms with van der Waals surface area (Å²) in [6.07, 6.45) is 1.95. The van der Waals surface area contributed by atoms with Crippen LogP contribution in [0.25, 0.3) is 0 Å². The van der Waals surface area contributed by atoms with E-state index in [0.717, 1.165) is 35.4 Å². The predicted octanol–water partition coefficient (Wildman–Crippen LogP) is 3.57. The third-order valence-corrected chi connectivity index (χ3v) is 5.28. The lowest BCUT2D eigenvalue weighted by molar-refractivity contribution is -0.207. The lowest BCUT2D eigenvalue weighted by Crippen LogP contribution is -2.48. The molecule has 7 nitrogen and oxygen atoms in total. The molecule has 2 aromatic heterocycles. The summed E-state index contributed by atoms with van der Waals surface area (Å²) in [5, 5.41) is 21.3. The van der Waals surface area contributed by atoms with Crippen LogP contribution in [-0.2, 0) is 18.1 Å². The van der Waals surface area contributed by atoms with E-state index in [-0.39, 0.29) is 11.1 Å². The van der Waals surface area contributed by atoms with Gasteiger partial charge in [0.25, 0.3) is 0 Å². The SMILES string of the molecule is COc1ccc(C#Cc2ccc(C(F)(F)C(O)(Cn3cnnn3)c3ccc(F)cc3F)nc2)c(F)c1. The lowest BCUT2D eigenvalue weighted by Gasteiger charge is -2.35. The van der Waals surface area contributed by atoms with Crippen LogP contribution in [0.1, 0.15) is 22.4 Å². The molecule has 1 unspecified atom stereocenters. The molecule has 0 bridgehead atoms. The highest BCUT2D eigenvalue weighted by Gasteiger charge is 2.57. The molecule has 36 heavy (non-hydrogen) atoms. The molecule has 0 aliphatic carbocycles. The van der Waals surface area contributed by atoms with Gasteiger partial charge in [0.15, 0.2) is 5.60 Å². The number of halogens is 5. The van der Waals surface area contributed by atoms with Crippen molar-refractivity contribution in [1.82, 2.24) is 25.2 Å². The molecule has 1 atom stereocenters. The zero-order valence-corrected chi connectivity index (χ0v) is 18.5. The van der Waals surface area contributed by atoms with E-state index >= 15 is 8.78 Å². The maximum atomic E-state index is 15.7. The summed E-state index contributed by atoms with van der Waals surface area (Å²) in [6, 6.07) is 7.95. The second-order valence-corrected chi connectivity index (χ2v) is 7.59. The summed E-state index contributed by atoms with van der Waals surface area (Å²) >= 11 is 0. The monoisotopic (exact) mass is 501 g/mol. The van der Waals surface area contributed by atoms with Gasteiger partial charge in [-0.15, -0.1) is 5.10 Å². The number of nitrogens with zero attached hydrogens (tertiary/aromatic N) is 5. The average molecular weight is 501 g/mol. The average Bonchev–Trinajstić information content (AvgIpc) is 3.36. The van der Waals surface area contributed by atoms with Gasteiger partial charge in [-0.3, -0.25) is 4.98 Å². The first-order valence-corrected chi connectivity index (χ1v) is 10.2. The zero-order valence-electron chi connectivity index (χ0n) is 18.5. The molecule has 2 heterocycles. The molecule has 0 fully saturated rings. The third-order valence-electron chi connectivity index (χ3n) is 5.28. The van der Waals surface area contributed by atoms with Crippen LogP contribution in [0.2, 0.25) is 0 Å². The Bertz CT molecular complexity index is 1440. The van der Waals surface area contributed by atoms with Crippen LogP contribution in [0.5, 0.6) is 5.75 Å². The fourth-order valence-corrected chi connectivity index (χ4v) is 3.39. The molecular formula is C24H16F5N5O2. The summed E-state index contributed by atoms with van der Waals surface area (Å²) in [4.78, 5) is 3.70. The van der Waals surface area contributed by atoms with Crippen molar-refractivity contribution in [3.8, 4) is 17.6 Å². The number of hydrogen-bond acceptors (Lipinski definition) is 6. The highest BCUT2D eigenvalue weighted by molar-refractivity contribution is 5.45. The molecule has 0 spiro atoms. The minimum atomic E-state index is -4.20. The van der Waals surface area contributed by atoms with Crippen molar-refractivity contribution in [1.29, 1.82) is 0 Å². The quantitative estimate of drug-likeness (QED) is 0.321. The van der Waals surface area contributed by atoms with E-state index in [1.807, 2.05) is 0 Å². The summed E-state index contributed by atoms with van der Waals surface area (Å²) in [5.74, 6) is -1.76. The first-order valence-electron chi connectivity index (χ1n) is 10.2. The van der Waals surface area contributed by atoms with Gasteiger partial charge in [-0.1, -0.05) is 11.8 Å². The smallest absolute Gasteiger partial charge is 0.323 e. The number of rotatable bonds is 6. The number of hydrogen-bond donors (Lipinski definition) is 1. The number of methoxy groups -OCH3 is 1. The molecule has 0 saturated heterocycles. The fourth-order valence-electron chi connectivity index (χ4n) is 3.39. The number of ether oxygens (including phenoxy) is 1. The van der Waals surface area contributed by atoms with Crippen molar-refractivity contribution < 1.29 is 31.8 Å². The molecule has 0 aliphatic rings. The maximum absolute atomic E-state index is 15.7. The van der Waals surface area contributed by atoms with Gasteiger partial charge in [-0.25, -0.2) is 17.9 Å². The van der Waals surface area contributed by atoms with Gasteiger partial charge in [0.2, 0.25) is 0 Å². The van der Waals surface area contributed by atoms with Crippen LogP contribution in [0.3, 0.4) is 0 Å². The van der Waals surface area contributed by atoms with Crippen molar-refractivity contribution in [2.45, 2.75) is 18.1 Å². The van der Waals surface area contributed by atoms with E-state index in [2.05, 4.69) is 32.4 Å². The fraction of sp³-hybridized carbons (Fsp3) is 0.167. The Hall–Kier alpha value is -4.37. The Labute approximate surface area is 201 Å². The third kappa shape index (κ3) is 4.73. The molecule has 184 valence electrons. The predicted molar refractivity (Wildman–Crippen MR) is 115 cm³/mol. The molecule has 0 aliphatic heterocycles. The van der Waals surface area contributed by atoms with Crippen molar-refractivity contribution >= 4 is 0 Å². The van der Waals surface area contributed by atoms with Crippen molar-refractivity contribution in [3.05, 3.63) is 101 Å². The molecule has 0 saturated carbocycles. The van der Waals surface area contributed by atoms with Gasteiger partial charge in [-0.2, -0.15) is 8.78 Å². The van der Waals surface area contributed by atoms with Gasteiger partial charge >= 0.3 is 5.92 Å². The molecular weight excluding hydrogens is 485 g/mol. The summed E-state index contributed by atoms with van der Waals surface area (Å²) in [5.41, 5.74) is -4.85. The first-order chi connectivity index (χ1) is 17.1. The minimum absolute atomic E-state index is 0.0489. The van der Waals surface area contributed by atoms with Crippen LogP contribution in [0.15, 0.2) is 61.1 Å². The van der Waals surface area contributed by atoms with Crippen LogP contribution < -0.4 is 4.74 Å². The molecule has 12 heteroatoms. The summed E-state index contributed by atoms with van der Waals surface area (Å²) < 4.78 is 79.2. The number of benzene rings is 2. The Morgan fingerprint density at radius 3 is 2.42 bits per heavy atom. The van der Waals surface area contributed by atoms with E-state index in [4.69, 9.17) is 4.74 Å². The van der Waals surface area contributed by atoms with Crippen LogP contribution in [0.4, 0.5) is 22.0 Å². The topological polar surface area (TPSA) is 86.0 Å². The van der Waals surface area contributed by atoms with E-state index in [0.29, 0.717) is 17.9 Å². The van der Waals surface area contributed by atoms with Gasteiger partial charge < -0.3 is 9.84 Å². The standard InChI is InChI=1S/C24H16F5N5O2/c1-36-18-7-5-16(20(26)11-18)4-2-15-3-9-22(30-12-15)24(28,29)23(35,13-34-14-31-32-33-34)19-8-6-17(25)10-21(19)27/h3,5-12,14,35H,13H2,1H3. The van der Waals surface area contributed by atoms with E-state index in [1.165, 1.54) is 25.3 Å². The second-order valence-electron chi connectivity index (χ2n) is 7.59. The first kappa shape index (κ1) is 24.7. The molecule has 1 N–H and O–H groups in total. The minimum Gasteiger partial charge on any atom is -0.497 e. The Morgan fingerprint density at radius 2 is 1.81 bits per heavy atom. The zero-order chi connectivity index (χ0) is 25.9. The number of pyridine rings is 1. The largest absolute Gasteiger partial charge is 0.497 e. The van der Waals surface area contributed by atoms with E-state index in [9.17, 15) is 18.3 Å². The number of aliphatic hydroxyl groups is 1. The van der Waals surface area contributed by atoms with Crippen LogP contribution in [0, 0.1) is 29.3 Å².